The molecule has 0 saturated heterocycles. The number of carboxylic acid groups (broad SMARTS) is 1. The average Bonchev–Trinajstić information content (AvgIpc) is 2.70. The molecule has 7 heteroatoms. The van der Waals surface area contributed by atoms with Gasteiger partial charge in [-0.05, 0) is 24.1 Å². The first-order chi connectivity index (χ1) is 14.0. The van der Waals surface area contributed by atoms with Gasteiger partial charge in [-0.15, -0.1) is 0 Å². The van der Waals surface area contributed by atoms with Gasteiger partial charge in [0.2, 0.25) is 0 Å². The Morgan fingerprint density at radius 3 is 2.03 bits per heavy atom. The molecule has 0 aromatic heterocycles. The van der Waals surface area contributed by atoms with Crippen LogP contribution < -0.4 is 10.6 Å². The van der Waals surface area contributed by atoms with Gasteiger partial charge in [-0.3, -0.25) is 9.59 Å². The first-order valence-electron chi connectivity index (χ1n) is 10.5. The lowest BCUT2D eigenvalue weighted by atomic mass is 10.1. The Hall–Kier alpha value is -1.89. The molecular formula is C22H33BrN2O4. The quantitative estimate of drug-likeness (QED) is 0.269. The van der Waals surface area contributed by atoms with Crippen LogP contribution in [0.5, 0.6) is 0 Å². The largest absolute Gasteiger partial charge is 0.474 e. The van der Waals surface area contributed by atoms with E-state index in [0.29, 0.717) is 22.1 Å². The second-order valence-electron chi connectivity index (χ2n) is 7.23. The standard InChI is InChI=1S/C22H33BrN2O4/c1-2-3-4-5-6-7-8-9-10-11-14-24-20(26)17-12-13-18(19(23)15-17)16-25-21(27)22(28)29/h12-13,15H,2-11,14,16H2,1H3,(H,24,26)(H,25,27)(H,28,29). The number of carbonyl (C=O) groups is 3. The summed E-state index contributed by atoms with van der Waals surface area (Å²) in [6.07, 6.45) is 12.6. The Labute approximate surface area is 182 Å². The maximum Gasteiger partial charge on any atom is 0.394 e. The van der Waals surface area contributed by atoms with Crippen molar-refractivity contribution in [2.24, 2.45) is 0 Å². The molecule has 1 rings (SSSR count). The smallest absolute Gasteiger partial charge is 0.394 e. The van der Waals surface area contributed by atoms with E-state index in [-0.39, 0.29) is 12.5 Å². The van der Waals surface area contributed by atoms with Crippen LogP contribution in [-0.4, -0.2) is 29.4 Å². The number of unbranched alkanes of at least 4 members (excludes halogenated alkanes) is 9. The van der Waals surface area contributed by atoms with E-state index in [1.807, 2.05) is 0 Å². The lowest BCUT2D eigenvalue weighted by Gasteiger charge is -2.09. The summed E-state index contributed by atoms with van der Waals surface area (Å²) in [7, 11) is 0. The number of aliphatic carboxylic acids is 1. The first kappa shape index (κ1) is 25.1. The van der Waals surface area contributed by atoms with Gasteiger partial charge in [-0.25, -0.2) is 4.79 Å². The van der Waals surface area contributed by atoms with Crippen LogP contribution >= 0.6 is 15.9 Å². The highest BCUT2D eigenvalue weighted by molar-refractivity contribution is 9.10. The molecule has 0 aliphatic rings. The zero-order valence-corrected chi connectivity index (χ0v) is 18.9. The zero-order valence-electron chi connectivity index (χ0n) is 17.3. The van der Waals surface area contributed by atoms with Crippen LogP contribution in [0.4, 0.5) is 0 Å². The number of benzene rings is 1. The number of carboxylic acids is 1. The Balaban J connectivity index is 2.20. The molecular weight excluding hydrogens is 436 g/mol. The fourth-order valence-electron chi connectivity index (χ4n) is 3.00. The summed E-state index contributed by atoms with van der Waals surface area (Å²) in [5, 5.41) is 13.8. The topological polar surface area (TPSA) is 95.5 Å². The molecule has 0 heterocycles. The third kappa shape index (κ3) is 11.0. The number of carbonyl (C=O) groups excluding carboxylic acids is 2. The van der Waals surface area contributed by atoms with Gasteiger partial charge in [-0.2, -0.15) is 0 Å². The Bertz CT molecular complexity index is 664. The Kier molecular flexibility index (Phi) is 13.0. The molecule has 2 amide bonds. The van der Waals surface area contributed by atoms with Crippen molar-refractivity contribution in [2.45, 2.75) is 77.7 Å². The molecule has 3 N–H and O–H groups in total. The summed E-state index contributed by atoms with van der Waals surface area (Å²) in [5.41, 5.74) is 1.23. The monoisotopic (exact) mass is 468 g/mol. The first-order valence-corrected chi connectivity index (χ1v) is 11.3. The Morgan fingerprint density at radius 1 is 0.897 bits per heavy atom. The van der Waals surface area contributed by atoms with E-state index in [1.165, 1.54) is 51.4 Å². The molecule has 1 aromatic rings. The number of nitrogens with one attached hydrogen (secondary N) is 2. The predicted molar refractivity (Wildman–Crippen MR) is 118 cm³/mol. The van der Waals surface area contributed by atoms with Gasteiger partial charge in [0.15, 0.2) is 0 Å². The van der Waals surface area contributed by atoms with Crippen LogP contribution in [-0.2, 0) is 16.1 Å². The number of hydrogen-bond acceptors (Lipinski definition) is 3. The van der Waals surface area contributed by atoms with Crippen molar-refractivity contribution in [3.8, 4) is 0 Å². The van der Waals surface area contributed by atoms with Gasteiger partial charge in [-0.1, -0.05) is 86.7 Å². The van der Waals surface area contributed by atoms with Gasteiger partial charge in [0.25, 0.3) is 5.91 Å². The van der Waals surface area contributed by atoms with E-state index in [2.05, 4.69) is 33.5 Å². The van der Waals surface area contributed by atoms with E-state index >= 15 is 0 Å². The molecule has 0 saturated carbocycles. The molecule has 0 atom stereocenters. The van der Waals surface area contributed by atoms with Crippen LogP contribution in [0.1, 0.15) is 87.1 Å². The highest BCUT2D eigenvalue weighted by atomic mass is 79.9. The molecule has 0 radical (unpaired) electrons. The van der Waals surface area contributed by atoms with Crippen LogP contribution in [0.2, 0.25) is 0 Å². The second kappa shape index (κ2) is 15.0. The van der Waals surface area contributed by atoms with Crippen molar-refractivity contribution < 1.29 is 19.5 Å². The third-order valence-electron chi connectivity index (χ3n) is 4.76. The summed E-state index contributed by atoms with van der Waals surface area (Å²) in [6.45, 7) is 2.97. The Morgan fingerprint density at radius 2 is 1.48 bits per heavy atom. The summed E-state index contributed by atoms with van der Waals surface area (Å²) >= 11 is 3.36. The second-order valence-corrected chi connectivity index (χ2v) is 8.09. The van der Waals surface area contributed by atoms with Crippen LogP contribution in [0.15, 0.2) is 22.7 Å². The van der Waals surface area contributed by atoms with E-state index in [1.54, 1.807) is 18.2 Å². The minimum absolute atomic E-state index is 0.0756. The molecule has 0 spiro atoms. The minimum Gasteiger partial charge on any atom is -0.474 e. The van der Waals surface area contributed by atoms with Gasteiger partial charge < -0.3 is 15.7 Å². The molecule has 0 aliphatic carbocycles. The number of rotatable bonds is 14. The summed E-state index contributed by atoms with van der Waals surface area (Å²) in [6, 6.07) is 5.04. The number of halogens is 1. The van der Waals surface area contributed by atoms with E-state index in [4.69, 9.17) is 5.11 Å². The molecule has 0 aliphatic heterocycles. The highest BCUT2D eigenvalue weighted by Gasteiger charge is 2.12. The molecule has 162 valence electrons. The van der Waals surface area contributed by atoms with Crippen molar-refractivity contribution in [3.05, 3.63) is 33.8 Å². The minimum atomic E-state index is -1.52. The van der Waals surface area contributed by atoms with Gasteiger partial charge >= 0.3 is 11.9 Å². The number of hydrogen-bond donors (Lipinski definition) is 3. The van der Waals surface area contributed by atoms with E-state index < -0.39 is 11.9 Å². The van der Waals surface area contributed by atoms with Crippen molar-refractivity contribution in [3.63, 3.8) is 0 Å². The summed E-state index contributed by atoms with van der Waals surface area (Å²) in [4.78, 5) is 33.9. The fourth-order valence-corrected chi connectivity index (χ4v) is 3.52. The van der Waals surface area contributed by atoms with Crippen molar-refractivity contribution in [2.75, 3.05) is 6.54 Å². The van der Waals surface area contributed by atoms with Crippen molar-refractivity contribution >= 4 is 33.7 Å². The lowest BCUT2D eigenvalue weighted by molar-refractivity contribution is -0.150. The maximum atomic E-state index is 12.2. The van der Waals surface area contributed by atoms with Crippen LogP contribution in [0, 0.1) is 0 Å². The molecule has 0 unspecified atom stereocenters. The van der Waals surface area contributed by atoms with Crippen molar-refractivity contribution in [1.82, 2.24) is 10.6 Å². The number of amides is 2. The molecule has 0 fully saturated rings. The maximum absolute atomic E-state index is 12.2. The van der Waals surface area contributed by atoms with Crippen molar-refractivity contribution in [1.29, 1.82) is 0 Å². The summed E-state index contributed by atoms with van der Waals surface area (Å²) < 4.78 is 0.648. The predicted octanol–water partition coefficient (Wildman–Crippen LogP) is 4.80. The molecule has 29 heavy (non-hydrogen) atoms. The van der Waals surface area contributed by atoms with Crippen LogP contribution in [0.3, 0.4) is 0 Å². The molecule has 0 bridgehead atoms. The van der Waals surface area contributed by atoms with Gasteiger partial charge in [0.05, 0.1) is 0 Å². The van der Waals surface area contributed by atoms with Crippen LogP contribution in [0.25, 0.3) is 0 Å². The van der Waals surface area contributed by atoms with E-state index in [9.17, 15) is 14.4 Å². The molecule has 1 aromatic carbocycles. The zero-order chi connectivity index (χ0) is 21.5. The van der Waals surface area contributed by atoms with Gasteiger partial charge in [0, 0.05) is 23.1 Å². The lowest BCUT2D eigenvalue weighted by Crippen LogP contribution is -2.30. The van der Waals surface area contributed by atoms with Gasteiger partial charge in [0.1, 0.15) is 0 Å². The fraction of sp³-hybridized carbons (Fsp3) is 0.591. The van der Waals surface area contributed by atoms with E-state index in [0.717, 1.165) is 12.8 Å². The third-order valence-corrected chi connectivity index (χ3v) is 5.50. The summed E-state index contributed by atoms with van der Waals surface area (Å²) in [5.74, 6) is -2.72. The highest BCUT2D eigenvalue weighted by Crippen LogP contribution is 2.19. The molecule has 6 nitrogen and oxygen atoms in total. The normalized spacial score (nSPS) is 10.6. The SMILES string of the molecule is CCCCCCCCCCCCNC(=O)c1ccc(CNC(=O)C(=O)O)c(Br)c1. The average molecular weight is 469 g/mol.